The highest BCUT2D eigenvalue weighted by molar-refractivity contribution is 6.41. The van der Waals surface area contributed by atoms with Crippen LogP contribution in [0.4, 0.5) is 5.69 Å². The molecule has 5 aromatic rings. The number of anilines is 1. The van der Waals surface area contributed by atoms with Gasteiger partial charge in [0.1, 0.15) is 0 Å². The van der Waals surface area contributed by atoms with Crippen LogP contribution in [0.15, 0.2) is 42.5 Å². The van der Waals surface area contributed by atoms with Crippen molar-refractivity contribution in [2.75, 3.05) is 37.7 Å². The highest BCUT2D eigenvalue weighted by atomic mass is 16.5. The molecule has 0 saturated carbocycles. The first-order valence-electron chi connectivity index (χ1n) is 19.6. The van der Waals surface area contributed by atoms with Crippen molar-refractivity contribution in [3.8, 4) is 0 Å². The maximum absolute atomic E-state index is 14.1. The monoisotopic (exact) mass is 702 g/mol. The molecular weight excluding hydrogens is 652 g/mol. The van der Waals surface area contributed by atoms with Gasteiger partial charge in [-0.1, -0.05) is 83.9 Å². The van der Waals surface area contributed by atoms with Crippen LogP contribution in [0.2, 0.25) is 0 Å². The number of carbonyl (C=O) groups excluding carboxylic acids is 4. The van der Waals surface area contributed by atoms with Gasteiger partial charge >= 0.3 is 11.9 Å². The van der Waals surface area contributed by atoms with Crippen LogP contribution in [0, 0.1) is 0 Å². The lowest BCUT2D eigenvalue weighted by atomic mass is 9.82. The van der Waals surface area contributed by atoms with Crippen LogP contribution in [0.1, 0.15) is 139 Å². The topological polar surface area (TPSA) is 93.2 Å². The maximum atomic E-state index is 14.1. The Kier molecular flexibility index (Phi) is 10.6. The molecule has 1 fully saturated rings. The van der Waals surface area contributed by atoms with Gasteiger partial charge in [-0.05, 0) is 77.9 Å². The third-order valence-electron chi connectivity index (χ3n) is 11.0. The molecule has 0 aromatic heterocycles. The van der Waals surface area contributed by atoms with Crippen LogP contribution in [0.3, 0.4) is 0 Å². The molecule has 8 heteroatoms. The highest BCUT2D eigenvalue weighted by Crippen LogP contribution is 2.49. The Bertz CT molecular complexity index is 2140. The Morgan fingerprint density at radius 2 is 1.13 bits per heavy atom. The van der Waals surface area contributed by atoms with Crippen LogP contribution in [-0.4, -0.2) is 61.5 Å². The average molecular weight is 703 g/mol. The smallest absolute Gasteiger partial charge is 0.338 e. The molecule has 8 nitrogen and oxygen atoms in total. The summed E-state index contributed by atoms with van der Waals surface area (Å²) in [5.41, 5.74) is 2.66. The first-order chi connectivity index (χ1) is 25.4. The zero-order valence-corrected chi connectivity index (χ0v) is 30.9. The third-order valence-corrected chi connectivity index (χ3v) is 11.0. The van der Waals surface area contributed by atoms with Crippen molar-refractivity contribution >= 4 is 72.5 Å². The normalized spacial score (nSPS) is 14.5. The number of hydrogen-bond acceptors (Lipinski definition) is 7. The minimum Gasteiger partial charge on any atom is -0.462 e. The fourth-order valence-electron chi connectivity index (χ4n) is 8.28. The number of nitrogens with zero attached hydrogens (tertiary/aromatic N) is 2. The molecule has 0 unspecified atom stereocenters. The van der Waals surface area contributed by atoms with Gasteiger partial charge in [-0.15, -0.1) is 0 Å². The highest BCUT2D eigenvalue weighted by Gasteiger charge is 2.35. The summed E-state index contributed by atoms with van der Waals surface area (Å²) in [5, 5.41) is 6.38. The summed E-state index contributed by atoms with van der Waals surface area (Å²) in [7, 11) is 0. The second kappa shape index (κ2) is 15.5. The Morgan fingerprint density at radius 3 is 1.79 bits per heavy atom. The van der Waals surface area contributed by atoms with E-state index in [-0.39, 0.29) is 11.8 Å². The van der Waals surface area contributed by atoms with Crippen LogP contribution < -0.4 is 4.90 Å². The van der Waals surface area contributed by atoms with Gasteiger partial charge in [0.05, 0.1) is 24.3 Å². The van der Waals surface area contributed by atoms with Gasteiger partial charge in [0.2, 0.25) is 0 Å². The van der Waals surface area contributed by atoms with Gasteiger partial charge in [-0.25, -0.2) is 9.59 Å². The van der Waals surface area contributed by atoms with Crippen LogP contribution in [0.5, 0.6) is 0 Å². The molecule has 2 amide bonds. The van der Waals surface area contributed by atoms with Gasteiger partial charge < -0.3 is 14.4 Å². The number of ether oxygens (including phenoxy) is 2. The fraction of sp³-hybridized carbons (Fsp3) is 0.455. The Balaban J connectivity index is 1.46. The number of benzene rings is 5. The van der Waals surface area contributed by atoms with Gasteiger partial charge in [0.15, 0.2) is 0 Å². The van der Waals surface area contributed by atoms with E-state index in [1.165, 1.54) is 24.2 Å². The largest absolute Gasteiger partial charge is 0.462 e. The van der Waals surface area contributed by atoms with Crippen molar-refractivity contribution < 1.29 is 28.7 Å². The second-order valence-electron chi connectivity index (χ2n) is 14.5. The number of unbranched alkanes of at least 4 members (excludes halogenated alkanes) is 7. The Hall–Kier alpha value is -4.72. The maximum Gasteiger partial charge on any atom is 0.338 e. The summed E-state index contributed by atoms with van der Waals surface area (Å²) >= 11 is 0. The molecule has 0 radical (unpaired) electrons. The molecule has 0 bridgehead atoms. The molecule has 1 saturated heterocycles. The first kappa shape index (κ1) is 35.7. The summed E-state index contributed by atoms with van der Waals surface area (Å²) < 4.78 is 11.6. The van der Waals surface area contributed by atoms with Crippen molar-refractivity contribution in [2.45, 2.75) is 97.8 Å². The lowest BCUT2D eigenvalue weighted by molar-refractivity contribution is 0.0500. The van der Waals surface area contributed by atoms with Gasteiger partial charge in [-0.3, -0.25) is 14.5 Å². The number of amides is 2. The number of hydrogen-bond donors (Lipinski definition) is 0. The van der Waals surface area contributed by atoms with Crippen LogP contribution in [-0.2, 0) is 9.47 Å². The lowest BCUT2D eigenvalue weighted by Crippen LogP contribution is -2.40. The van der Waals surface area contributed by atoms with Crippen molar-refractivity contribution in [1.29, 1.82) is 0 Å². The van der Waals surface area contributed by atoms with E-state index in [9.17, 15) is 19.2 Å². The minimum atomic E-state index is -0.472. The van der Waals surface area contributed by atoms with Crippen molar-refractivity contribution in [3.63, 3.8) is 0 Å². The molecular formula is C44H50N2O6. The van der Waals surface area contributed by atoms with Crippen molar-refractivity contribution in [2.24, 2.45) is 0 Å². The summed E-state index contributed by atoms with van der Waals surface area (Å²) in [6, 6.07) is 13.3. The number of rotatable bonds is 16. The van der Waals surface area contributed by atoms with Gasteiger partial charge in [0.25, 0.3) is 11.8 Å². The first-order valence-corrected chi connectivity index (χ1v) is 19.6. The summed E-state index contributed by atoms with van der Waals surface area (Å²) in [5.74, 6) is -1.43. The average Bonchev–Trinajstić information content (AvgIpc) is 3.70. The zero-order chi connectivity index (χ0) is 36.4. The predicted molar refractivity (Wildman–Crippen MR) is 208 cm³/mol. The fourth-order valence-corrected chi connectivity index (χ4v) is 8.28. The minimum absolute atomic E-state index is 0.249. The van der Waals surface area contributed by atoms with E-state index in [1.807, 2.05) is 50.2 Å². The Labute approximate surface area is 305 Å². The molecule has 7 rings (SSSR count). The number of fused-ring (bicyclic) bond motifs is 2. The summed E-state index contributed by atoms with van der Waals surface area (Å²) in [6.45, 7) is 8.93. The predicted octanol–water partition coefficient (Wildman–Crippen LogP) is 10.2. The summed E-state index contributed by atoms with van der Waals surface area (Å²) in [6.07, 6.45) is 11.7. The molecule has 5 aromatic carbocycles. The molecule has 2 aliphatic heterocycles. The van der Waals surface area contributed by atoms with E-state index < -0.39 is 11.9 Å². The van der Waals surface area contributed by atoms with Gasteiger partial charge in [-0.2, -0.15) is 0 Å². The number of carbonyl (C=O) groups is 4. The lowest BCUT2D eigenvalue weighted by Gasteiger charge is -2.30. The standard InChI is InChI=1S/C44H50N2O6/c1-4-7-10-11-12-13-24-46-41(47)31-19-16-28-29-17-21-33(43(49)51-25-8-5-2)38-34(44(50)52-26-9-6-3)27-35(45-22-14-15-23-45)39(40(29)38)30-18-20-32(42(46)48)37(31)36(28)30/h16-21,27H,4-15,22-26H2,1-3H3. The van der Waals surface area contributed by atoms with Crippen molar-refractivity contribution in [1.82, 2.24) is 4.90 Å². The molecule has 2 aliphatic rings. The van der Waals surface area contributed by atoms with E-state index >= 15 is 0 Å². The molecule has 272 valence electrons. The van der Waals surface area contributed by atoms with E-state index in [1.54, 1.807) is 6.07 Å². The van der Waals surface area contributed by atoms with Crippen LogP contribution >= 0.6 is 0 Å². The van der Waals surface area contributed by atoms with Gasteiger partial charge in [0, 0.05) is 58.0 Å². The third kappa shape index (κ3) is 6.24. The number of imide groups is 1. The van der Waals surface area contributed by atoms with Crippen LogP contribution in [0.25, 0.3) is 43.1 Å². The molecule has 0 atom stereocenters. The van der Waals surface area contributed by atoms with E-state index in [2.05, 4.69) is 11.8 Å². The molecule has 52 heavy (non-hydrogen) atoms. The quantitative estimate of drug-likeness (QED) is 0.0332. The Morgan fingerprint density at radius 1 is 0.577 bits per heavy atom. The second-order valence-corrected chi connectivity index (χ2v) is 14.5. The summed E-state index contributed by atoms with van der Waals surface area (Å²) in [4.78, 5) is 59.7. The molecule has 2 heterocycles. The van der Waals surface area contributed by atoms with E-state index in [0.717, 1.165) is 109 Å². The van der Waals surface area contributed by atoms with E-state index in [0.29, 0.717) is 52.8 Å². The zero-order valence-electron chi connectivity index (χ0n) is 30.9. The molecule has 0 spiro atoms. The van der Waals surface area contributed by atoms with E-state index in [4.69, 9.17) is 9.47 Å². The molecule has 0 aliphatic carbocycles. The number of esters is 2. The molecule has 0 N–H and O–H groups in total. The van der Waals surface area contributed by atoms with Crippen molar-refractivity contribution in [3.05, 3.63) is 64.7 Å². The SMILES string of the molecule is CCCCCCCCN1C(=O)c2ccc3c4ccc(C(=O)OCCCC)c5c(C(=O)OCCCC)cc(N6CCCC6)c(c6ccc(c2c36)C1=O)c54.